The second-order valence-electron chi connectivity index (χ2n) is 8.51. The number of hydrogen-bond acceptors (Lipinski definition) is 5. The number of carbonyl (C=O) groups excluding carboxylic acids is 1. The van der Waals surface area contributed by atoms with Crippen molar-refractivity contribution in [2.75, 3.05) is 25.1 Å². The van der Waals surface area contributed by atoms with Crippen molar-refractivity contribution >= 4 is 21.7 Å². The lowest BCUT2D eigenvalue weighted by molar-refractivity contribution is 0.0601. The molecule has 1 saturated heterocycles. The van der Waals surface area contributed by atoms with E-state index >= 15 is 0 Å². The smallest absolute Gasteiger partial charge is 0.339 e. The maximum absolute atomic E-state index is 12.7. The summed E-state index contributed by atoms with van der Waals surface area (Å²) in [6.45, 7) is 7.07. The van der Waals surface area contributed by atoms with Gasteiger partial charge in [-0.2, -0.15) is 0 Å². The van der Waals surface area contributed by atoms with Crippen LogP contribution in [0.2, 0.25) is 0 Å². The zero-order valence-corrected chi connectivity index (χ0v) is 16.8. The van der Waals surface area contributed by atoms with Crippen LogP contribution in [0, 0.1) is 5.41 Å². The molecule has 2 aliphatic rings. The SMILES string of the molecule is COC(=O)c1ccc(S(=O)(=O)NC(C)(C)C)cc1N1CCC2(CC1)CC2. The molecule has 144 valence electrons. The van der Waals surface area contributed by atoms with Crippen LogP contribution in [0.4, 0.5) is 5.69 Å². The topological polar surface area (TPSA) is 75.7 Å². The van der Waals surface area contributed by atoms with E-state index in [9.17, 15) is 13.2 Å². The van der Waals surface area contributed by atoms with Gasteiger partial charge in [0.25, 0.3) is 0 Å². The highest BCUT2D eigenvalue weighted by Crippen LogP contribution is 2.54. The molecule has 7 heteroatoms. The summed E-state index contributed by atoms with van der Waals surface area (Å²) < 4.78 is 33.0. The fraction of sp³-hybridized carbons (Fsp3) is 0.632. The van der Waals surface area contributed by atoms with E-state index in [1.807, 2.05) is 0 Å². The van der Waals surface area contributed by atoms with E-state index in [4.69, 9.17) is 4.74 Å². The first-order valence-corrected chi connectivity index (χ1v) is 10.5. The Bertz CT molecular complexity index is 797. The van der Waals surface area contributed by atoms with Crippen molar-refractivity contribution < 1.29 is 17.9 Å². The Balaban J connectivity index is 1.95. The molecule has 6 nitrogen and oxygen atoms in total. The molecule has 2 fully saturated rings. The van der Waals surface area contributed by atoms with Gasteiger partial charge in [0.2, 0.25) is 10.0 Å². The largest absolute Gasteiger partial charge is 0.465 e. The first-order valence-electron chi connectivity index (χ1n) is 9.07. The predicted molar refractivity (Wildman–Crippen MR) is 101 cm³/mol. The lowest BCUT2D eigenvalue weighted by Gasteiger charge is -2.35. The number of nitrogens with zero attached hydrogens (tertiary/aromatic N) is 1. The Kier molecular flexibility index (Phi) is 4.82. The summed E-state index contributed by atoms with van der Waals surface area (Å²) in [5.74, 6) is -0.445. The minimum absolute atomic E-state index is 0.168. The monoisotopic (exact) mass is 380 g/mol. The molecule has 1 saturated carbocycles. The Hall–Kier alpha value is -1.60. The van der Waals surface area contributed by atoms with Gasteiger partial charge >= 0.3 is 5.97 Å². The average Bonchev–Trinajstić information content (AvgIpc) is 3.31. The minimum atomic E-state index is -3.67. The van der Waals surface area contributed by atoms with Crippen LogP contribution in [0.15, 0.2) is 23.1 Å². The average molecular weight is 381 g/mol. The summed E-state index contributed by atoms with van der Waals surface area (Å²) in [7, 11) is -2.33. The summed E-state index contributed by atoms with van der Waals surface area (Å²) >= 11 is 0. The zero-order chi connectivity index (χ0) is 19.2. The summed E-state index contributed by atoms with van der Waals surface area (Å²) in [6.07, 6.45) is 4.75. The molecule has 1 aromatic carbocycles. The van der Waals surface area contributed by atoms with Gasteiger partial charge in [0.05, 0.1) is 23.3 Å². The van der Waals surface area contributed by atoms with E-state index < -0.39 is 21.5 Å². The number of anilines is 1. The standard InChI is InChI=1S/C19H28N2O4S/c1-18(2,3)20-26(23,24)14-5-6-15(17(22)25-4)16(13-14)21-11-9-19(7-8-19)10-12-21/h5-6,13,20H,7-12H2,1-4H3. The van der Waals surface area contributed by atoms with Crippen LogP contribution < -0.4 is 9.62 Å². The predicted octanol–water partition coefficient (Wildman–Crippen LogP) is 2.93. The molecule has 1 N–H and O–H groups in total. The number of sulfonamides is 1. The van der Waals surface area contributed by atoms with Crippen LogP contribution in [0.1, 0.15) is 56.8 Å². The summed E-state index contributed by atoms with van der Waals surface area (Å²) in [5.41, 5.74) is 0.973. The third-order valence-electron chi connectivity index (χ3n) is 5.25. The highest BCUT2D eigenvalue weighted by molar-refractivity contribution is 7.89. The second kappa shape index (κ2) is 6.53. The molecule has 0 aromatic heterocycles. The first-order chi connectivity index (χ1) is 12.1. The van der Waals surface area contributed by atoms with Gasteiger partial charge in [0.1, 0.15) is 0 Å². The molecule has 1 heterocycles. The van der Waals surface area contributed by atoms with Gasteiger partial charge in [-0.1, -0.05) is 0 Å². The third-order valence-corrected chi connectivity index (χ3v) is 7.00. The van der Waals surface area contributed by atoms with E-state index in [0.29, 0.717) is 16.7 Å². The molecule has 0 amide bonds. The number of hydrogen-bond donors (Lipinski definition) is 1. The van der Waals surface area contributed by atoms with Crippen molar-refractivity contribution in [2.24, 2.45) is 5.41 Å². The van der Waals surface area contributed by atoms with E-state index in [2.05, 4.69) is 9.62 Å². The van der Waals surface area contributed by atoms with Crippen molar-refractivity contribution in [3.8, 4) is 0 Å². The van der Waals surface area contributed by atoms with Gasteiger partial charge in [-0.05, 0) is 70.1 Å². The lowest BCUT2D eigenvalue weighted by atomic mass is 9.93. The van der Waals surface area contributed by atoms with Crippen LogP contribution in [0.25, 0.3) is 0 Å². The first kappa shape index (κ1) is 19.2. The van der Waals surface area contributed by atoms with Crippen molar-refractivity contribution in [3.63, 3.8) is 0 Å². The summed E-state index contributed by atoms with van der Waals surface area (Å²) in [4.78, 5) is 14.5. The van der Waals surface area contributed by atoms with Crippen molar-refractivity contribution in [1.29, 1.82) is 0 Å². The van der Waals surface area contributed by atoms with Crippen LogP contribution in [0.3, 0.4) is 0 Å². The van der Waals surface area contributed by atoms with E-state index in [1.165, 1.54) is 26.0 Å². The molecule has 1 aromatic rings. The maximum atomic E-state index is 12.7. The lowest BCUT2D eigenvalue weighted by Crippen LogP contribution is -2.40. The number of esters is 1. The second-order valence-corrected chi connectivity index (χ2v) is 10.2. The Morgan fingerprint density at radius 1 is 1.15 bits per heavy atom. The molecule has 0 bridgehead atoms. The highest BCUT2D eigenvalue weighted by atomic mass is 32.2. The van der Waals surface area contributed by atoms with E-state index in [0.717, 1.165) is 25.9 Å². The maximum Gasteiger partial charge on any atom is 0.339 e. The number of carbonyl (C=O) groups is 1. The summed E-state index contributed by atoms with van der Waals surface area (Å²) in [5, 5.41) is 0. The van der Waals surface area contributed by atoms with Crippen LogP contribution in [-0.4, -0.2) is 40.1 Å². The molecular formula is C19H28N2O4S. The van der Waals surface area contributed by atoms with E-state index in [1.54, 1.807) is 32.9 Å². The molecular weight excluding hydrogens is 352 g/mol. The van der Waals surface area contributed by atoms with E-state index in [-0.39, 0.29) is 4.90 Å². The third kappa shape index (κ3) is 4.04. The number of nitrogens with one attached hydrogen (secondary N) is 1. The van der Waals surface area contributed by atoms with Crippen molar-refractivity contribution in [1.82, 2.24) is 4.72 Å². The molecule has 1 spiro atoms. The minimum Gasteiger partial charge on any atom is -0.465 e. The van der Waals surface area contributed by atoms with Gasteiger partial charge in [0, 0.05) is 18.6 Å². The van der Waals surface area contributed by atoms with Gasteiger partial charge in [-0.15, -0.1) is 0 Å². The zero-order valence-electron chi connectivity index (χ0n) is 16.0. The van der Waals surface area contributed by atoms with Crippen molar-refractivity contribution in [3.05, 3.63) is 23.8 Å². The molecule has 1 aliphatic heterocycles. The van der Waals surface area contributed by atoms with Crippen LogP contribution in [-0.2, 0) is 14.8 Å². The molecule has 0 atom stereocenters. The summed E-state index contributed by atoms with van der Waals surface area (Å²) in [6, 6.07) is 4.63. The van der Waals surface area contributed by atoms with Gasteiger partial charge in [-0.3, -0.25) is 0 Å². The number of benzene rings is 1. The van der Waals surface area contributed by atoms with Crippen LogP contribution >= 0.6 is 0 Å². The quantitative estimate of drug-likeness (QED) is 0.813. The Morgan fingerprint density at radius 3 is 2.27 bits per heavy atom. The number of rotatable bonds is 4. The number of piperidine rings is 1. The normalized spacial score (nSPS) is 19.5. The molecule has 26 heavy (non-hydrogen) atoms. The van der Waals surface area contributed by atoms with Gasteiger partial charge in [0.15, 0.2) is 0 Å². The molecule has 0 radical (unpaired) electrons. The van der Waals surface area contributed by atoms with Gasteiger partial charge < -0.3 is 9.64 Å². The Morgan fingerprint density at radius 2 is 1.77 bits per heavy atom. The molecule has 1 aliphatic carbocycles. The molecule has 3 rings (SSSR count). The number of ether oxygens (including phenoxy) is 1. The fourth-order valence-corrected chi connectivity index (χ4v) is 5.02. The fourth-order valence-electron chi connectivity index (χ4n) is 3.58. The number of methoxy groups -OCH3 is 1. The highest BCUT2D eigenvalue weighted by Gasteiger charge is 2.44. The Labute approximate surface area is 156 Å². The van der Waals surface area contributed by atoms with Gasteiger partial charge in [-0.25, -0.2) is 17.9 Å². The molecule has 0 unspecified atom stereocenters. The van der Waals surface area contributed by atoms with Crippen molar-refractivity contribution in [2.45, 2.75) is 56.9 Å². The van der Waals surface area contributed by atoms with Crippen LogP contribution in [0.5, 0.6) is 0 Å².